The summed E-state index contributed by atoms with van der Waals surface area (Å²) in [6.07, 6.45) is 0.527. The number of halogens is 6. The predicted octanol–water partition coefficient (Wildman–Crippen LogP) is 2.13. The smallest absolute Gasteiger partial charge is 0.217 e. The zero-order chi connectivity index (χ0) is 18.3. The molecule has 0 atom stereocenters. The molecule has 0 aromatic rings. The summed E-state index contributed by atoms with van der Waals surface area (Å²) in [7, 11) is -6.02. The second kappa shape index (κ2) is 6.05. The number of hydrogen-bond acceptors (Lipinski definition) is 3. The van der Waals surface area contributed by atoms with E-state index < -0.39 is 51.8 Å². The van der Waals surface area contributed by atoms with Crippen LogP contribution in [0.3, 0.4) is 0 Å². The monoisotopic (exact) mass is 373 g/mol. The average molecular weight is 373 g/mol. The van der Waals surface area contributed by atoms with E-state index in [-0.39, 0.29) is 23.9 Å². The first-order valence-corrected chi connectivity index (χ1v) is 8.28. The van der Waals surface area contributed by atoms with E-state index in [1.54, 1.807) is 6.92 Å². The summed E-state index contributed by atoms with van der Waals surface area (Å²) in [5.74, 6) is -11.3. The van der Waals surface area contributed by atoms with Crippen molar-refractivity contribution < 1.29 is 44.6 Å². The van der Waals surface area contributed by atoms with Crippen LogP contribution in [-0.4, -0.2) is 72.4 Å². The Balaban J connectivity index is 3.05. The summed E-state index contributed by atoms with van der Waals surface area (Å²) in [6, 6.07) is 0. The van der Waals surface area contributed by atoms with E-state index in [4.69, 9.17) is 0 Å². The number of alkyl halides is 6. The van der Waals surface area contributed by atoms with Crippen LogP contribution in [0.2, 0.25) is 0 Å². The number of nitrogens with zero attached hydrogens (tertiary/aromatic N) is 2. The van der Waals surface area contributed by atoms with E-state index >= 15 is 0 Å². The normalized spacial score (nSPS) is 21.4. The third-order valence-corrected chi connectivity index (χ3v) is 5.70. The number of rotatable bonds is 6. The van der Waals surface area contributed by atoms with Crippen molar-refractivity contribution in [3.8, 4) is 0 Å². The van der Waals surface area contributed by atoms with Gasteiger partial charge in [0, 0.05) is 6.92 Å². The maximum Gasteiger partial charge on any atom is 0.427 e. The fraction of sp³-hybridized carbons (Fsp3) is 1.00. The Kier molecular flexibility index (Phi) is 5.38. The third-order valence-electron chi connectivity index (χ3n) is 3.75. The highest BCUT2D eigenvalue weighted by atomic mass is 32.2. The minimum atomic E-state index is -6.06. The van der Waals surface area contributed by atoms with Crippen molar-refractivity contribution in [3.63, 3.8) is 0 Å². The molecule has 0 aromatic carbocycles. The molecule has 0 aromatic heterocycles. The van der Waals surface area contributed by atoms with E-state index in [0.29, 0.717) is 6.42 Å². The molecule has 0 radical (unpaired) electrons. The first-order chi connectivity index (χ1) is 10.1. The number of piperazine rings is 1. The Labute approximate surface area is 130 Å². The summed E-state index contributed by atoms with van der Waals surface area (Å²) in [4.78, 5) is 0. The van der Waals surface area contributed by atoms with Crippen LogP contribution in [0, 0.1) is 0 Å². The summed E-state index contributed by atoms with van der Waals surface area (Å²) >= 11 is 0. The molecule has 12 heteroatoms. The van der Waals surface area contributed by atoms with Gasteiger partial charge in [-0.25, -0.2) is 13.6 Å². The molecule has 1 fully saturated rings. The van der Waals surface area contributed by atoms with E-state index in [1.807, 2.05) is 0 Å². The van der Waals surface area contributed by atoms with Crippen molar-refractivity contribution in [2.75, 3.05) is 32.7 Å². The molecule has 0 bridgehead atoms. The quantitative estimate of drug-likeness (QED) is 0.573. The van der Waals surface area contributed by atoms with Gasteiger partial charge in [-0.2, -0.15) is 35.3 Å². The molecule has 0 saturated carbocycles. The van der Waals surface area contributed by atoms with Crippen molar-refractivity contribution in [1.29, 1.82) is 0 Å². The number of sulfonamides is 1. The molecule has 1 aliphatic heterocycles. The van der Waals surface area contributed by atoms with Gasteiger partial charge >= 0.3 is 17.1 Å². The molecule has 0 amide bonds. The zero-order valence-corrected chi connectivity index (χ0v) is 13.4. The maximum absolute atomic E-state index is 13.7. The van der Waals surface area contributed by atoms with Gasteiger partial charge in [0.25, 0.3) is 10.0 Å². The van der Waals surface area contributed by atoms with Gasteiger partial charge in [-0.15, -0.1) is 0 Å². The first kappa shape index (κ1) is 20.5. The SMILES string of the molecule is CCC[N+]1(O)CCN(S(=O)(=O)C(F)(F)C(F)(F)C(C)(F)F)CC1. The van der Waals surface area contributed by atoms with Crippen molar-refractivity contribution in [3.05, 3.63) is 0 Å². The molecule has 0 spiro atoms. The lowest BCUT2D eigenvalue weighted by atomic mass is 10.2. The van der Waals surface area contributed by atoms with Gasteiger partial charge in [-0.05, 0) is 6.42 Å². The highest BCUT2D eigenvalue weighted by molar-refractivity contribution is 7.90. The van der Waals surface area contributed by atoms with Gasteiger partial charge in [-0.1, -0.05) is 6.92 Å². The number of hydrogen-bond donors (Lipinski definition) is 1. The molecule has 1 rings (SSSR count). The Morgan fingerprint density at radius 1 is 1.09 bits per heavy atom. The van der Waals surface area contributed by atoms with Crippen LogP contribution in [0.15, 0.2) is 0 Å². The Morgan fingerprint density at radius 2 is 1.52 bits per heavy atom. The molecule has 138 valence electrons. The minimum Gasteiger partial charge on any atom is -0.217 e. The molecule has 1 N–H and O–H groups in total. The molecular formula is C11H19F6N2O3S+. The van der Waals surface area contributed by atoms with Crippen LogP contribution in [0.1, 0.15) is 20.3 Å². The lowest BCUT2D eigenvalue weighted by Gasteiger charge is -2.40. The highest BCUT2D eigenvalue weighted by Gasteiger charge is 2.76. The molecule has 1 aliphatic rings. The molecule has 23 heavy (non-hydrogen) atoms. The van der Waals surface area contributed by atoms with Gasteiger partial charge in [0.2, 0.25) is 0 Å². The molecule has 0 unspecified atom stereocenters. The van der Waals surface area contributed by atoms with Crippen LogP contribution in [-0.2, 0) is 10.0 Å². The molecular weight excluding hydrogens is 354 g/mol. The summed E-state index contributed by atoms with van der Waals surface area (Å²) in [5, 5.41) is 4.04. The van der Waals surface area contributed by atoms with Gasteiger partial charge < -0.3 is 0 Å². The summed E-state index contributed by atoms with van der Waals surface area (Å²) < 4.78 is 102. The second-order valence-corrected chi connectivity index (χ2v) is 7.63. The number of quaternary nitrogens is 1. The lowest BCUT2D eigenvalue weighted by Crippen LogP contribution is -2.64. The van der Waals surface area contributed by atoms with Crippen LogP contribution in [0.5, 0.6) is 0 Å². The Hall–Kier alpha value is -0.590. The third kappa shape index (κ3) is 3.44. The Bertz CT molecular complexity index is 526. The van der Waals surface area contributed by atoms with Gasteiger partial charge in [-0.3, -0.25) is 0 Å². The van der Waals surface area contributed by atoms with Crippen molar-refractivity contribution in [2.24, 2.45) is 0 Å². The highest BCUT2D eigenvalue weighted by Crippen LogP contribution is 2.49. The fourth-order valence-electron chi connectivity index (χ4n) is 2.28. The van der Waals surface area contributed by atoms with E-state index in [0.717, 1.165) is 0 Å². The maximum atomic E-state index is 13.7. The van der Waals surface area contributed by atoms with Gasteiger partial charge in [0.15, 0.2) is 0 Å². The van der Waals surface area contributed by atoms with Crippen LogP contribution >= 0.6 is 0 Å². The predicted molar refractivity (Wildman–Crippen MR) is 67.9 cm³/mol. The van der Waals surface area contributed by atoms with Crippen LogP contribution < -0.4 is 0 Å². The topological polar surface area (TPSA) is 57.6 Å². The average Bonchev–Trinajstić information content (AvgIpc) is 2.37. The first-order valence-electron chi connectivity index (χ1n) is 6.84. The zero-order valence-electron chi connectivity index (χ0n) is 12.6. The molecule has 1 saturated heterocycles. The minimum absolute atomic E-state index is 0.0228. The summed E-state index contributed by atoms with van der Waals surface area (Å²) in [5.41, 5.74) is 0. The van der Waals surface area contributed by atoms with E-state index in [1.165, 1.54) is 0 Å². The standard InChI is InChI=1S/C11H19F6N2O3S/c1-3-6-19(20)7-4-18(5-8-19)23(21,22)11(16,17)10(14,15)9(2,12)13/h20H,3-8H2,1-2H3/q+1. The molecule has 5 nitrogen and oxygen atoms in total. The lowest BCUT2D eigenvalue weighted by molar-refractivity contribution is -1.10. The van der Waals surface area contributed by atoms with Crippen LogP contribution in [0.4, 0.5) is 26.3 Å². The number of hydroxylamine groups is 3. The van der Waals surface area contributed by atoms with E-state index in [2.05, 4.69) is 0 Å². The van der Waals surface area contributed by atoms with Gasteiger partial charge in [0.05, 0.1) is 13.1 Å². The van der Waals surface area contributed by atoms with E-state index in [9.17, 15) is 40.0 Å². The van der Waals surface area contributed by atoms with Crippen LogP contribution in [0.25, 0.3) is 0 Å². The fourth-order valence-corrected chi connectivity index (χ4v) is 3.75. The Morgan fingerprint density at radius 3 is 1.87 bits per heavy atom. The molecule has 1 heterocycles. The van der Waals surface area contributed by atoms with Gasteiger partial charge in [0.1, 0.15) is 19.6 Å². The summed E-state index contributed by atoms with van der Waals surface area (Å²) in [6.45, 7) is -0.428. The van der Waals surface area contributed by atoms with Crippen molar-refractivity contribution in [1.82, 2.24) is 4.31 Å². The van der Waals surface area contributed by atoms with Crippen molar-refractivity contribution >= 4 is 10.0 Å². The van der Waals surface area contributed by atoms with Crippen molar-refractivity contribution in [2.45, 2.75) is 37.4 Å². The second-order valence-electron chi connectivity index (χ2n) is 5.65. The largest absolute Gasteiger partial charge is 0.427 e. The molecule has 0 aliphatic carbocycles.